The average Bonchev–Trinajstić information content (AvgIpc) is 2.35. The predicted molar refractivity (Wildman–Crippen MR) is 69.0 cm³/mol. The number of rotatable bonds is 5. The van der Waals surface area contributed by atoms with Crippen LogP contribution < -0.4 is 5.32 Å². The minimum atomic E-state index is -1.05. The molecule has 4 nitrogen and oxygen atoms in total. The van der Waals surface area contributed by atoms with Crippen molar-refractivity contribution in [1.82, 2.24) is 5.32 Å². The van der Waals surface area contributed by atoms with E-state index in [0.717, 1.165) is 0 Å². The van der Waals surface area contributed by atoms with Crippen LogP contribution in [0.2, 0.25) is 0 Å². The van der Waals surface area contributed by atoms with Crippen LogP contribution in [-0.2, 0) is 9.59 Å². The summed E-state index contributed by atoms with van der Waals surface area (Å²) >= 11 is 0. The summed E-state index contributed by atoms with van der Waals surface area (Å²) in [4.78, 5) is 23.1. The normalized spacial score (nSPS) is 14.0. The number of hydrogen-bond acceptors (Lipinski definition) is 2. The lowest BCUT2D eigenvalue weighted by molar-refractivity contribution is -0.142. The first-order valence-electron chi connectivity index (χ1n) is 6.01. The van der Waals surface area contributed by atoms with E-state index in [4.69, 9.17) is 0 Å². The zero-order valence-corrected chi connectivity index (χ0v) is 10.9. The van der Waals surface area contributed by atoms with Crippen LogP contribution in [0.3, 0.4) is 0 Å². The van der Waals surface area contributed by atoms with Crippen molar-refractivity contribution in [2.75, 3.05) is 0 Å². The number of benzene rings is 1. The first-order chi connectivity index (χ1) is 8.43. The Kier molecular flexibility index (Phi) is 4.89. The van der Waals surface area contributed by atoms with Gasteiger partial charge in [-0.3, -0.25) is 4.79 Å². The van der Waals surface area contributed by atoms with Gasteiger partial charge in [0.25, 0.3) is 0 Å². The van der Waals surface area contributed by atoms with E-state index < -0.39 is 12.0 Å². The number of aliphatic carboxylic acids is 1. The van der Waals surface area contributed by atoms with Crippen LogP contribution in [0.1, 0.15) is 32.4 Å². The second-order valence-electron chi connectivity index (χ2n) is 4.72. The third kappa shape index (κ3) is 3.58. The Balaban J connectivity index is 2.83. The van der Waals surface area contributed by atoms with Crippen LogP contribution in [0.25, 0.3) is 0 Å². The van der Waals surface area contributed by atoms with Crippen molar-refractivity contribution in [2.24, 2.45) is 11.8 Å². The lowest BCUT2D eigenvalue weighted by Gasteiger charge is -2.20. The van der Waals surface area contributed by atoms with Crippen LogP contribution in [0.4, 0.5) is 0 Å². The largest absolute Gasteiger partial charge is 0.479 e. The van der Waals surface area contributed by atoms with E-state index in [2.05, 4.69) is 5.32 Å². The van der Waals surface area contributed by atoms with Gasteiger partial charge in [-0.05, 0) is 11.5 Å². The van der Waals surface area contributed by atoms with Gasteiger partial charge < -0.3 is 10.4 Å². The molecule has 0 spiro atoms. The Hall–Kier alpha value is -1.84. The van der Waals surface area contributed by atoms with Gasteiger partial charge in [0.05, 0.1) is 0 Å². The van der Waals surface area contributed by atoms with Crippen LogP contribution in [0, 0.1) is 11.8 Å². The number of carbonyl (C=O) groups excluding carboxylic acids is 1. The van der Waals surface area contributed by atoms with E-state index in [1.807, 2.05) is 13.8 Å². The lowest BCUT2D eigenvalue weighted by atomic mass is 9.96. The number of hydrogen-bond donors (Lipinski definition) is 2. The predicted octanol–water partition coefficient (Wildman–Crippen LogP) is 2.22. The highest BCUT2D eigenvalue weighted by molar-refractivity contribution is 5.85. The molecule has 0 saturated carbocycles. The van der Waals surface area contributed by atoms with Gasteiger partial charge in [-0.25, -0.2) is 4.79 Å². The molecule has 1 aromatic rings. The summed E-state index contributed by atoms with van der Waals surface area (Å²) in [5, 5.41) is 11.8. The van der Waals surface area contributed by atoms with Crippen molar-refractivity contribution in [3.63, 3.8) is 0 Å². The lowest BCUT2D eigenvalue weighted by Crippen LogP contribution is -2.38. The Morgan fingerprint density at radius 3 is 2.11 bits per heavy atom. The first kappa shape index (κ1) is 14.2. The maximum absolute atomic E-state index is 11.9. The van der Waals surface area contributed by atoms with E-state index in [-0.39, 0.29) is 17.7 Å². The average molecular weight is 249 g/mol. The molecule has 0 aliphatic carbocycles. The maximum atomic E-state index is 11.9. The van der Waals surface area contributed by atoms with Gasteiger partial charge in [0.2, 0.25) is 5.91 Å². The number of carboxylic acid groups (broad SMARTS) is 1. The topological polar surface area (TPSA) is 66.4 Å². The summed E-state index contributed by atoms with van der Waals surface area (Å²) in [7, 11) is 0. The maximum Gasteiger partial charge on any atom is 0.330 e. The zero-order valence-electron chi connectivity index (χ0n) is 10.9. The molecule has 1 amide bonds. The summed E-state index contributed by atoms with van der Waals surface area (Å²) < 4.78 is 0. The standard InChI is InChI=1S/C14H19NO3/c1-9(2)10(3)13(16)15-12(14(17)18)11-7-5-4-6-8-11/h4-10,12H,1-3H3,(H,15,16)(H,17,18)/t10?,12-/m0/s1. The van der Waals surface area contributed by atoms with Gasteiger partial charge in [-0.15, -0.1) is 0 Å². The molecule has 0 bridgehead atoms. The molecular weight excluding hydrogens is 230 g/mol. The molecule has 0 aliphatic rings. The molecule has 0 saturated heterocycles. The summed E-state index contributed by atoms with van der Waals surface area (Å²) in [6, 6.07) is 7.71. The molecule has 1 rings (SSSR count). The molecular formula is C14H19NO3. The van der Waals surface area contributed by atoms with Gasteiger partial charge in [0, 0.05) is 5.92 Å². The second-order valence-corrected chi connectivity index (χ2v) is 4.72. The third-order valence-corrected chi connectivity index (χ3v) is 3.08. The van der Waals surface area contributed by atoms with E-state index in [1.54, 1.807) is 37.3 Å². The molecule has 1 unspecified atom stereocenters. The van der Waals surface area contributed by atoms with E-state index >= 15 is 0 Å². The van der Waals surface area contributed by atoms with Crippen molar-refractivity contribution in [2.45, 2.75) is 26.8 Å². The zero-order chi connectivity index (χ0) is 13.7. The molecule has 2 N–H and O–H groups in total. The van der Waals surface area contributed by atoms with E-state index in [0.29, 0.717) is 5.56 Å². The van der Waals surface area contributed by atoms with Crippen molar-refractivity contribution < 1.29 is 14.7 Å². The van der Waals surface area contributed by atoms with Crippen molar-refractivity contribution in [3.05, 3.63) is 35.9 Å². The molecule has 4 heteroatoms. The number of carbonyl (C=O) groups is 2. The fourth-order valence-electron chi connectivity index (χ4n) is 1.51. The Morgan fingerprint density at radius 1 is 1.11 bits per heavy atom. The van der Waals surface area contributed by atoms with Gasteiger partial charge >= 0.3 is 5.97 Å². The fourth-order valence-corrected chi connectivity index (χ4v) is 1.51. The summed E-state index contributed by atoms with van der Waals surface area (Å²) in [5.74, 6) is -1.32. The smallest absolute Gasteiger partial charge is 0.330 e. The monoisotopic (exact) mass is 249 g/mol. The summed E-state index contributed by atoms with van der Waals surface area (Å²) in [6.07, 6.45) is 0. The minimum Gasteiger partial charge on any atom is -0.479 e. The molecule has 1 aromatic carbocycles. The fraction of sp³-hybridized carbons (Fsp3) is 0.429. The molecule has 98 valence electrons. The summed E-state index contributed by atoms with van der Waals surface area (Å²) in [6.45, 7) is 5.66. The Labute approximate surface area is 107 Å². The van der Waals surface area contributed by atoms with Crippen molar-refractivity contribution in [3.8, 4) is 0 Å². The molecule has 0 aromatic heterocycles. The molecule has 0 fully saturated rings. The van der Waals surface area contributed by atoms with Crippen molar-refractivity contribution >= 4 is 11.9 Å². The van der Waals surface area contributed by atoms with E-state index in [1.165, 1.54) is 0 Å². The number of carboxylic acids is 1. The molecule has 2 atom stereocenters. The SMILES string of the molecule is CC(C)C(C)C(=O)N[C@H](C(=O)O)c1ccccc1. The van der Waals surface area contributed by atoms with Crippen molar-refractivity contribution in [1.29, 1.82) is 0 Å². The number of nitrogens with one attached hydrogen (secondary N) is 1. The van der Waals surface area contributed by atoms with Gasteiger partial charge in [-0.2, -0.15) is 0 Å². The van der Waals surface area contributed by atoms with Crippen LogP contribution >= 0.6 is 0 Å². The number of amides is 1. The van der Waals surface area contributed by atoms with Gasteiger partial charge in [0.1, 0.15) is 0 Å². The van der Waals surface area contributed by atoms with E-state index in [9.17, 15) is 14.7 Å². The highest BCUT2D eigenvalue weighted by atomic mass is 16.4. The molecule has 18 heavy (non-hydrogen) atoms. The Bertz CT molecular complexity index is 414. The molecule has 0 radical (unpaired) electrons. The first-order valence-corrected chi connectivity index (χ1v) is 6.01. The molecule has 0 heterocycles. The van der Waals surface area contributed by atoms with Crippen LogP contribution in [0.15, 0.2) is 30.3 Å². The van der Waals surface area contributed by atoms with Crippen LogP contribution in [-0.4, -0.2) is 17.0 Å². The second kappa shape index (κ2) is 6.19. The van der Waals surface area contributed by atoms with Gasteiger partial charge in [-0.1, -0.05) is 51.1 Å². The highest BCUT2D eigenvalue weighted by Crippen LogP contribution is 2.16. The minimum absolute atomic E-state index is 0.176. The highest BCUT2D eigenvalue weighted by Gasteiger charge is 2.25. The Morgan fingerprint density at radius 2 is 1.67 bits per heavy atom. The quantitative estimate of drug-likeness (QED) is 0.840. The third-order valence-electron chi connectivity index (χ3n) is 3.08. The molecule has 0 aliphatic heterocycles. The van der Waals surface area contributed by atoms with Crippen LogP contribution in [0.5, 0.6) is 0 Å². The van der Waals surface area contributed by atoms with Gasteiger partial charge in [0.15, 0.2) is 6.04 Å². The summed E-state index contributed by atoms with van der Waals surface area (Å²) in [5.41, 5.74) is 0.578.